The molecule has 0 aliphatic carbocycles. The Kier molecular flexibility index (Phi) is 4.76. The van der Waals surface area contributed by atoms with Crippen molar-refractivity contribution in [2.45, 2.75) is 11.8 Å². The number of hydrogen-bond acceptors (Lipinski definition) is 3. The van der Waals surface area contributed by atoms with Crippen molar-refractivity contribution < 1.29 is 22.0 Å². The van der Waals surface area contributed by atoms with Crippen LogP contribution in [0.3, 0.4) is 0 Å². The predicted molar refractivity (Wildman–Crippen MR) is 81.7 cm³/mol. The zero-order valence-electron chi connectivity index (χ0n) is 12.4. The van der Waals surface area contributed by atoms with Crippen LogP contribution in [-0.4, -0.2) is 21.4 Å². The third kappa shape index (κ3) is 3.72. The first-order chi connectivity index (χ1) is 10.7. The van der Waals surface area contributed by atoms with Crippen molar-refractivity contribution in [1.82, 2.24) is 4.72 Å². The van der Waals surface area contributed by atoms with Gasteiger partial charge in [0.2, 0.25) is 10.0 Å². The first-order valence-electron chi connectivity index (χ1n) is 6.55. The van der Waals surface area contributed by atoms with E-state index in [0.29, 0.717) is 5.56 Å². The van der Waals surface area contributed by atoms with E-state index in [9.17, 15) is 22.0 Å². The minimum Gasteiger partial charge on any atom is -0.322 e. The van der Waals surface area contributed by atoms with Crippen molar-refractivity contribution in [2.75, 3.05) is 12.4 Å². The van der Waals surface area contributed by atoms with E-state index in [-0.39, 0.29) is 10.6 Å². The van der Waals surface area contributed by atoms with E-state index in [2.05, 4.69) is 10.0 Å². The molecule has 0 fully saturated rings. The number of carbonyl (C=O) groups is 1. The van der Waals surface area contributed by atoms with E-state index in [1.54, 1.807) is 6.92 Å². The van der Waals surface area contributed by atoms with Crippen molar-refractivity contribution >= 4 is 21.6 Å². The third-order valence-electron chi connectivity index (χ3n) is 3.21. The van der Waals surface area contributed by atoms with E-state index in [1.807, 2.05) is 0 Å². The zero-order chi connectivity index (χ0) is 17.2. The smallest absolute Gasteiger partial charge is 0.258 e. The van der Waals surface area contributed by atoms with Crippen LogP contribution in [0.2, 0.25) is 0 Å². The molecule has 0 unspecified atom stereocenters. The molecule has 2 rings (SSSR count). The Morgan fingerprint density at radius 2 is 1.78 bits per heavy atom. The first-order valence-corrected chi connectivity index (χ1v) is 8.03. The number of halogens is 2. The summed E-state index contributed by atoms with van der Waals surface area (Å²) < 4.78 is 52.5. The van der Waals surface area contributed by atoms with Crippen LogP contribution in [0.5, 0.6) is 0 Å². The normalized spacial score (nSPS) is 11.3. The number of anilines is 1. The Bertz CT molecular complexity index is 867. The van der Waals surface area contributed by atoms with Gasteiger partial charge in [0.05, 0.1) is 10.5 Å². The minimum absolute atomic E-state index is 0.0550. The SMILES string of the molecule is CNS(=O)(=O)c1ccc(C)c(NC(=O)c2cc(F)ccc2F)c1. The van der Waals surface area contributed by atoms with Gasteiger partial charge in [-0.3, -0.25) is 4.79 Å². The van der Waals surface area contributed by atoms with Crippen molar-refractivity contribution in [3.8, 4) is 0 Å². The lowest BCUT2D eigenvalue weighted by atomic mass is 10.1. The molecule has 2 aromatic rings. The number of benzene rings is 2. The van der Waals surface area contributed by atoms with Crippen molar-refractivity contribution in [3.05, 3.63) is 59.2 Å². The molecule has 0 radical (unpaired) electrons. The fourth-order valence-electron chi connectivity index (χ4n) is 1.88. The second-order valence-electron chi connectivity index (χ2n) is 4.76. The molecule has 0 atom stereocenters. The van der Waals surface area contributed by atoms with Crippen molar-refractivity contribution in [3.63, 3.8) is 0 Å². The number of rotatable bonds is 4. The maximum absolute atomic E-state index is 13.6. The van der Waals surface area contributed by atoms with Gasteiger partial charge in [-0.05, 0) is 49.9 Å². The largest absolute Gasteiger partial charge is 0.322 e. The van der Waals surface area contributed by atoms with Gasteiger partial charge >= 0.3 is 0 Å². The quantitative estimate of drug-likeness (QED) is 0.898. The molecule has 2 N–H and O–H groups in total. The molecule has 0 bridgehead atoms. The molecular weight excluding hydrogens is 326 g/mol. The molecule has 23 heavy (non-hydrogen) atoms. The summed E-state index contributed by atoms with van der Waals surface area (Å²) in [6.45, 7) is 1.65. The molecular formula is C15H14F2N2O3S. The van der Waals surface area contributed by atoms with Crippen LogP contribution >= 0.6 is 0 Å². The number of sulfonamides is 1. The van der Waals surface area contributed by atoms with Crippen LogP contribution in [0.25, 0.3) is 0 Å². The number of carbonyl (C=O) groups excluding carboxylic acids is 1. The molecule has 0 aliphatic heterocycles. The molecule has 0 aromatic heterocycles. The number of hydrogen-bond donors (Lipinski definition) is 2. The highest BCUT2D eigenvalue weighted by Crippen LogP contribution is 2.21. The van der Waals surface area contributed by atoms with Crippen LogP contribution in [-0.2, 0) is 10.0 Å². The molecule has 5 nitrogen and oxygen atoms in total. The van der Waals surface area contributed by atoms with E-state index < -0.39 is 33.1 Å². The van der Waals surface area contributed by atoms with Crippen LogP contribution < -0.4 is 10.0 Å². The van der Waals surface area contributed by atoms with Gasteiger partial charge in [0.25, 0.3) is 5.91 Å². The lowest BCUT2D eigenvalue weighted by Gasteiger charge is -2.11. The average molecular weight is 340 g/mol. The van der Waals surface area contributed by atoms with Crippen LogP contribution in [0.1, 0.15) is 15.9 Å². The van der Waals surface area contributed by atoms with Gasteiger partial charge in [-0.25, -0.2) is 21.9 Å². The average Bonchev–Trinajstić information content (AvgIpc) is 2.51. The fraction of sp³-hybridized carbons (Fsp3) is 0.133. The van der Waals surface area contributed by atoms with Gasteiger partial charge in [0.15, 0.2) is 0 Å². The lowest BCUT2D eigenvalue weighted by Crippen LogP contribution is -2.19. The number of amides is 1. The highest BCUT2D eigenvalue weighted by Gasteiger charge is 2.17. The fourth-order valence-corrected chi connectivity index (χ4v) is 2.64. The molecule has 0 saturated heterocycles. The second kappa shape index (κ2) is 6.43. The van der Waals surface area contributed by atoms with Gasteiger partial charge in [0.1, 0.15) is 11.6 Å². The molecule has 2 aromatic carbocycles. The molecule has 0 aliphatic rings. The third-order valence-corrected chi connectivity index (χ3v) is 4.62. The Hall–Kier alpha value is -2.32. The predicted octanol–water partition coefficient (Wildman–Crippen LogP) is 2.43. The number of aryl methyl sites for hydroxylation is 1. The van der Waals surface area contributed by atoms with E-state index in [1.165, 1.54) is 25.2 Å². The van der Waals surface area contributed by atoms with E-state index in [4.69, 9.17) is 0 Å². The first kappa shape index (κ1) is 17.0. The second-order valence-corrected chi connectivity index (χ2v) is 6.65. The molecule has 122 valence electrons. The lowest BCUT2D eigenvalue weighted by molar-refractivity contribution is 0.102. The van der Waals surface area contributed by atoms with E-state index >= 15 is 0 Å². The highest BCUT2D eigenvalue weighted by molar-refractivity contribution is 7.89. The molecule has 0 spiro atoms. The van der Waals surface area contributed by atoms with Gasteiger partial charge in [-0.1, -0.05) is 6.07 Å². The van der Waals surface area contributed by atoms with Crippen LogP contribution in [0, 0.1) is 18.6 Å². The van der Waals surface area contributed by atoms with Gasteiger partial charge < -0.3 is 5.32 Å². The Morgan fingerprint density at radius 1 is 1.09 bits per heavy atom. The standard InChI is InChI=1S/C15H14F2N2O3S/c1-9-3-5-11(23(21,22)18-2)8-14(9)19-15(20)12-7-10(16)4-6-13(12)17/h3-8,18H,1-2H3,(H,19,20). The molecule has 8 heteroatoms. The zero-order valence-corrected chi connectivity index (χ0v) is 13.2. The summed E-state index contributed by atoms with van der Waals surface area (Å²) in [5.74, 6) is -2.50. The summed E-state index contributed by atoms with van der Waals surface area (Å²) in [5, 5.41) is 2.39. The highest BCUT2D eigenvalue weighted by atomic mass is 32.2. The monoisotopic (exact) mass is 340 g/mol. The molecule has 0 saturated carbocycles. The maximum Gasteiger partial charge on any atom is 0.258 e. The number of nitrogens with one attached hydrogen (secondary N) is 2. The van der Waals surface area contributed by atoms with Crippen molar-refractivity contribution in [2.24, 2.45) is 0 Å². The maximum atomic E-state index is 13.6. The van der Waals surface area contributed by atoms with E-state index in [0.717, 1.165) is 18.2 Å². The Labute approximate surface area is 132 Å². The summed E-state index contributed by atoms with van der Waals surface area (Å²) in [6, 6.07) is 6.64. The van der Waals surface area contributed by atoms with Crippen LogP contribution in [0.4, 0.5) is 14.5 Å². The summed E-state index contributed by atoms with van der Waals surface area (Å²) in [4.78, 5) is 12.0. The van der Waals surface area contributed by atoms with Gasteiger partial charge in [-0.15, -0.1) is 0 Å². The van der Waals surface area contributed by atoms with Gasteiger partial charge in [-0.2, -0.15) is 0 Å². The molecule has 0 heterocycles. The van der Waals surface area contributed by atoms with Gasteiger partial charge in [0, 0.05) is 5.69 Å². The summed E-state index contributed by atoms with van der Waals surface area (Å²) >= 11 is 0. The summed E-state index contributed by atoms with van der Waals surface area (Å²) in [6.07, 6.45) is 0. The van der Waals surface area contributed by atoms with Crippen LogP contribution in [0.15, 0.2) is 41.3 Å². The Morgan fingerprint density at radius 3 is 2.43 bits per heavy atom. The topological polar surface area (TPSA) is 75.3 Å². The Balaban J connectivity index is 2.38. The summed E-state index contributed by atoms with van der Waals surface area (Å²) in [5.41, 5.74) is 0.298. The minimum atomic E-state index is -3.69. The summed E-state index contributed by atoms with van der Waals surface area (Å²) in [7, 11) is -2.43. The molecule has 1 amide bonds. The van der Waals surface area contributed by atoms with Crippen molar-refractivity contribution in [1.29, 1.82) is 0 Å².